The van der Waals surface area contributed by atoms with E-state index < -0.39 is 29.4 Å². The molecule has 0 saturated heterocycles. The van der Waals surface area contributed by atoms with Gasteiger partial charge in [-0.05, 0) is 52.0 Å². The highest BCUT2D eigenvalue weighted by Crippen LogP contribution is 2.22. The molecule has 9 heteroatoms. The zero-order valence-corrected chi connectivity index (χ0v) is 17.6. The van der Waals surface area contributed by atoms with Crippen molar-refractivity contribution < 1.29 is 22.7 Å². The Kier molecular flexibility index (Phi) is 6.07. The first kappa shape index (κ1) is 21.7. The standard InChI is InChI=1S/C21H20ClF2N3O3/c1-11(25-20(28)30-21(2,3)4)18-27-16-7-5-6-15(22)17(16)19(29-18)26-14-9-12(23)8-13(24)10-14/h5-11H,1-4H3,(H,25,28). The monoisotopic (exact) mass is 435 g/mol. The summed E-state index contributed by atoms with van der Waals surface area (Å²) >= 11 is 6.28. The number of hydrogen-bond acceptors (Lipinski definition) is 5. The van der Waals surface area contributed by atoms with Crippen LogP contribution in [0.5, 0.6) is 0 Å². The first-order valence-electron chi connectivity index (χ1n) is 9.11. The van der Waals surface area contributed by atoms with Crippen molar-refractivity contribution in [2.45, 2.75) is 39.3 Å². The minimum Gasteiger partial charge on any atom is -0.444 e. The van der Waals surface area contributed by atoms with E-state index in [0.29, 0.717) is 15.9 Å². The van der Waals surface area contributed by atoms with Gasteiger partial charge >= 0.3 is 6.09 Å². The molecule has 0 saturated carbocycles. The third-order valence-corrected chi connectivity index (χ3v) is 4.13. The van der Waals surface area contributed by atoms with Crippen LogP contribution in [-0.2, 0) is 4.74 Å². The number of ether oxygens (including phenoxy) is 1. The lowest BCUT2D eigenvalue weighted by molar-refractivity contribution is 0.0499. The Morgan fingerprint density at radius 3 is 2.53 bits per heavy atom. The molecule has 0 fully saturated rings. The van der Waals surface area contributed by atoms with Crippen molar-refractivity contribution in [3.05, 3.63) is 64.5 Å². The number of nitrogens with zero attached hydrogens (tertiary/aromatic N) is 2. The summed E-state index contributed by atoms with van der Waals surface area (Å²) in [7, 11) is 0. The number of carbonyl (C=O) groups is 1. The van der Waals surface area contributed by atoms with Crippen molar-refractivity contribution >= 4 is 34.3 Å². The van der Waals surface area contributed by atoms with E-state index in [0.717, 1.165) is 18.2 Å². The molecule has 2 aromatic carbocycles. The summed E-state index contributed by atoms with van der Waals surface area (Å²) in [6.45, 7) is 6.88. The molecule has 0 aliphatic heterocycles. The fraction of sp³-hybridized carbons (Fsp3) is 0.286. The largest absolute Gasteiger partial charge is 0.444 e. The minimum atomic E-state index is -0.779. The number of benzene rings is 2. The number of rotatable bonds is 3. The summed E-state index contributed by atoms with van der Waals surface area (Å²) in [5.41, 5.74) is -0.226. The van der Waals surface area contributed by atoms with Gasteiger partial charge in [-0.1, -0.05) is 17.7 Å². The third kappa shape index (κ3) is 5.33. The number of fused-ring (bicyclic) bond motifs is 1. The molecule has 1 atom stereocenters. The minimum absolute atomic E-state index is 0.00220. The summed E-state index contributed by atoms with van der Waals surface area (Å²) in [6, 6.07) is 7.18. The number of halogens is 3. The highest BCUT2D eigenvalue weighted by atomic mass is 35.5. The second kappa shape index (κ2) is 8.39. The van der Waals surface area contributed by atoms with Crippen molar-refractivity contribution in [1.29, 1.82) is 0 Å². The Morgan fingerprint density at radius 1 is 1.23 bits per heavy atom. The molecular weight excluding hydrogens is 416 g/mol. The maximum Gasteiger partial charge on any atom is 0.408 e. The second-order valence-electron chi connectivity index (χ2n) is 7.60. The number of amides is 1. The molecule has 0 spiro atoms. The average molecular weight is 436 g/mol. The zero-order valence-electron chi connectivity index (χ0n) is 16.8. The molecule has 1 amide bonds. The van der Waals surface area contributed by atoms with Crippen molar-refractivity contribution in [3.8, 4) is 0 Å². The summed E-state index contributed by atoms with van der Waals surface area (Å²) in [6.07, 6.45) is -0.649. The molecule has 1 unspecified atom stereocenters. The third-order valence-electron chi connectivity index (χ3n) is 3.82. The Morgan fingerprint density at radius 2 is 1.90 bits per heavy atom. The van der Waals surface area contributed by atoms with Crippen molar-refractivity contribution in [2.24, 2.45) is 4.99 Å². The quantitative estimate of drug-likeness (QED) is 0.582. The first-order valence-corrected chi connectivity index (χ1v) is 9.49. The molecule has 6 nitrogen and oxygen atoms in total. The average Bonchev–Trinajstić information content (AvgIpc) is 2.58. The summed E-state index contributed by atoms with van der Waals surface area (Å²) in [4.78, 5) is 20.7. The van der Waals surface area contributed by atoms with E-state index in [4.69, 9.17) is 20.8 Å². The maximum atomic E-state index is 13.6. The Labute approximate surface area is 176 Å². The van der Waals surface area contributed by atoms with Gasteiger partial charge in [-0.15, -0.1) is 0 Å². The van der Waals surface area contributed by atoms with E-state index in [-0.39, 0.29) is 17.1 Å². The normalized spacial score (nSPS) is 13.4. The molecular formula is C21H20ClF2N3O3. The topological polar surface area (TPSA) is 76.7 Å². The number of hydrogen-bond donors (Lipinski definition) is 1. The van der Waals surface area contributed by atoms with Gasteiger partial charge < -0.3 is 14.5 Å². The predicted molar refractivity (Wildman–Crippen MR) is 108 cm³/mol. The Hall–Kier alpha value is -3.00. The van der Waals surface area contributed by atoms with E-state index in [9.17, 15) is 13.6 Å². The highest BCUT2D eigenvalue weighted by Gasteiger charge is 2.21. The molecule has 1 aromatic heterocycles. The van der Waals surface area contributed by atoms with Crippen molar-refractivity contribution in [2.75, 3.05) is 0 Å². The number of alkyl carbamates (subject to hydrolysis) is 1. The predicted octanol–water partition coefficient (Wildman–Crippen LogP) is 5.58. The van der Waals surface area contributed by atoms with Gasteiger partial charge in [0.2, 0.25) is 11.4 Å². The maximum absolute atomic E-state index is 13.6. The lowest BCUT2D eigenvalue weighted by Crippen LogP contribution is -2.34. The van der Waals surface area contributed by atoms with Gasteiger partial charge in [0.15, 0.2) is 0 Å². The van der Waals surface area contributed by atoms with Gasteiger partial charge in [0.25, 0.3) is 0 Å². The number of aromatic nitrogens is 1. The van der Waals surface area contributed by atoms with Crippen LogP contribution < -0.4 is 10.9 Å². The van der Waals surface area contributed by atoms with Gasteiger partial charge in [0, 0.05) is 6.07 Å². The summed E-state index contributed by atoms with van der Waals surface area (Å²) in [5, 5.41) is 3.31. The van der Waals surface area contributed by atoms with Crippen LogP contribution in [0.15, 0.2) is 45.8 Å². The molecule has 30 heavy (non-hydrogen) atoms. The second-order valence-corrected chi connectivity index (χ2v) is 8.01. The van der Waals surface area contributed by atoms with E-state index >= 15 is 0 Å². The molecule has 0 aliphatic rings. The smallest absolute Gasteiger partial charge is 0.408 e. The van der Waals surface area contributed by atoms with Crippen LogP contribution in [0.3, 0.4) is 0 Å². The van der Waals surface area contributed by atoms with Gasteiger partial charge in [0.05, 0.1) is 21.6 Å². The van der Waals surface area contributed by atoms with E-state index in [1.807, 2.05) is 0 Å². The zero-order chi connectivity index (χ0) is 22.1. The molecule has 0 radical (unpaired) electrons. The molecule has 0 aliphatic carbocycles. The van der Waals surface area contributed by atoms with Crippen LogP contribution in [0.1, 0.15) is 39.6 Å². The summed E-state index contributed by atoms with van der Waals surface area (Å²) in [5.74, 6) is -1.44. The van der Waals surface area contributed by atoms with E-state index in [1.165, 1.54) is 0 Å². The highest BCUT2D eigenvalue weighted by molar-refractivity contribution is 6.35. The van der Waals surface area contributed by atoms with Crippen LogP contribution in [0.25, 0.3) is 10.9 Å². The molecule has 0 bridgehead atoms. The molecule has 3 aromatic rings. The van der Waals surface area contributed by atoms with Gasteiger partial charge in [0.1, 0.15) is 23.3 Å². The van der Waals surface area contributed by atoms with Gasteiger partial charge in [-0.25, -0.2) is 23.6 Å². The van der Waals surface area contributed by atoms with Crippen LogP contribution >= 0.6 is 11.6 Å². The Bertz CT molecular complexity index is 1150. The molecule has 1 N–H and O–H groups in total. The van der Waals surface area contributed by atoms with Crippen LogP contribution in [-0.4, -0.2) is 16.7 Å². The van der Waals surface area contributed by atoms with Crippen LogP contribution in [0, 0.1) is 11.6 Å². The fourth-order valence-electron chi connectivity index (χ4n) is 2.64. The lowest BCUT2D eigenvalue weighted by atomic mass is 10.2. The summed E-state index contributed by atoms with van der Waals surface area (Å²) < 4.78 is 38.2. The molecule has 158 valence electrons. The van der Waals surface area contributed by atoms with E-state index in [2.05, 4.69) is 15.3 Å². The Balaban J connectivity index is 2.10. The number of nitrogens with one attached hydrogen (secondary N) is 1. The van der Waals surface area contributed by atoms with Gasteiger partial charge in [-0.3, -0.25) is 0 Å². The van der Waals surface area contributed by atoms with Gasteiger partial charge in [-0.2, -0.15) is 0 Å². The fourth-order valence-corrected chi connectivity index (χ4v) is 2.89. The lowest BCUT2D eigenvalue weighted by Gasteiger charge is -2.21. The van der Waals surface area contributed by atoms with Crippen molar-refractivity contribution in [1.82, 2.24) is 10.3 Å². The molecule has 3 rings (SSSR count). The number of carbonyl (C=O) groups excluding carboxylic acids is 1. The van der Waals surface area contributed by atoms with Crippen LogP contribution in [0.4, 0.5) is 19.3 Å². The van der Waals surface area contributed by atoms with E-state index in [1.54, 1.807) is 45.9 Å². The van der Waals surface area contributed by atoms with Crippen LogP contribution in [0.2, 0.25) is 5.02 Å². The first-order chi connectivity index (χ1) is 14.0. The molecule has 1 heterocycles. The SMILES string of the molecule is CC(NC(=O)OC(C)(C)C)c1nc2cccc(Cl)c2c(=Nc2cc(F)cc(F)c2)o1. The van der Waals surface area contributed by atoms with Crippen molar-refractivity contribution in [3.63, 3.8) is 0 Å².